The molecule has 52 heteroatoms. The van der Waals surface area contributed by atoms with E-state index in [1.54, 1.807) is 101 Å². The zero-order chi connectivity index (χ0) is 97.7. The summed E-state index contributed by atoms with van der Waals surface area (Å²) in [6.07, 6.45) is 1.62. The predicted octanol–water partition coefficient (Wildman–Crippen LogP) is 15.6. The van der Waals surface area contributed by atoms with Gasteiger partial charge in [-0.3, -0.25) is 0 Å². The van der Waals surface area contributed by atoms with Crippen molar-refractivity contribution in [2.24, 2.45) is 0 Å². The van der Waals surface area contributed by atoms with Crippen molar-refractivity contribution < 1.29 is 122 Å². The molecule has 0 aliphatic carbocycles. The summed E-state index contributed by atoms with van der Waals surface area (Å²) in [5.74, 6) is 0. The highest BCUT2D eigenvalue weighted by molar-refractivity contribution is 9.11. The van der Waals surface area contributed by atoms with Crippen molar-refractivity contribution >= 4 is 218 Å². The Balaban J connectivity index is 0.000000271. The van der Waals surface area contributed by atoms with Crippen molar-refractivity contribution in [1.82, 2.24) is 43.1 Å². The summed E-state index contributed by atoms with van der Waals surface area (Å²) in [7, 11) is -7.43. The van der Waals surface area contributed by atoms with Gasteiger partial charge in [0.25, 0.3) is 30.1 Å². The normalized spacial score (nSPS) is 21.6. The van der Waals surface area contributed by atoms with E-state index in [1.807, 2.05) is 64.4 Å². The minimum Gasteiger partial charge on any atom is -0.457 e. The van der Waals surface area contributed by atoms with Crippen LogP contribution in [0.4, 0.5) is 28.8 Å². The molecule has 0 fully saturated rings. The minimum absolute atomic E-state index is 0.0947. The summed E-state index contributed by atoms with van der Waals surface area (Å²) in [5, 5.41) is 12.7. The summed E-state index contributed by atoms with van der Waals surface area (Å²) in [4.78, 5) is 72.8. The molecule has 2 N–H and O–H groups in total. The van der Waals surface area contributed by atoms with Crippen molar-refractivity contribution in [1.29, 1.82) is 0 Å². The maximum absolute atomic E-state index is 12.8. The molecule has 0 saturated carbocycles. The number of nitrogens with zero attached hydrogens (tertiary/aromatic N) is 7. The van der Waals surface area contributed by atoms with Crippen molar-refractivity contribution in [3.8, 4) is 0 Å². The molecule has 9 atom stereocenters. The van der Waals surface area contributed by atoms with Crippen LogP contribution in [0.15, 0.2) is 90.7 Å². The Morgan fingerprint density at radius 3 is 1.02 bits per heavy atom. The van der Waals surface area contributed by atoms with Crippen LogP contribution in [0.5, 0.6) is 0 Å². The van der Waals surface area contributed by atoms with Crippen molar-refractivity contribution in [3.63, 3.8) is 0 Å². The standard InChI is InChI=1S/C14H21BrN2O5S2.C14H22N2O5S2.C12H16BrNO4S2.C12H20N2O3S2.C12H17NO4S2.C10H15NO2S2.2C2H3ClO2/c1-4-17(14(18)22-3)11-9-16(6-5-7-21-2)24(19,20)13-10(11)8-12(15)23-13;1-4-16(14(17)21-3)12-10-15(7-5-8-20-2)23(18,19)13-11(12)6-9-22-13;1-4-14(12(15)18-3)9-5-7(2)20(16,17)11-8(9)6-10(13)19-11;1-3-13-11-9-14(6-4-7-17-2)19(15,16)12-10(11)5-8-18-12;1-4-13(12(14)17-3)10-7-8(2)19(15,16)11-9(10)5-6-18-11;1-3-11-9-6-7(2)15(12,13)10-8(9)4-5-14-10;2*1-5-2(3)4/h8,11H,4-7,9H2,1-3H3;6,9,12H,4-5,7-8,10H2,1-3H3;6-7,9H,4-5H2,1-3H3;5,8,11,13H,3-4,6-7,9H2,1-2H3;5-6,8,10H,4,7H2,1-3H3;4-5,7,9,11H,3,6H2,1-2H3;2*1H3/t11-;12-;7-,9-;11-;8-,10-;7-,9-;;/m000000../s1. The molecule has 6 aliphatic rings. The zero-order valence-electron chi connectivity index (χ0n) is 75.4. The second kappa shape index (κ2) is 53.7. The third-order valence-electron chi connectivity index (χ3n) is 21.1. The predicted molar refractivity (Wildman–Crippen MR) is 510 cm³/mol. The smallest absolute Gasteiger partial charge is 0.410 e. The van der Waals surface area contributed by atoms with Gasteiger partial charge in [-0.2, -0.15) is 12.9 Å². The topological polar surface area (TPSA) is 437 Å². The zero-order valence-corrected chi connectivity index (χ0v) is 89.9. The number of methoxy groups -OCH3 is 9. The highest BCUT2D eigenvalue weighted by Crippen LogP contribution is 2.49. The first-order chi connectivity index (χ1) is 61.3. The third kappa shape index (κ3) is 28.9. The first-order valence-corrected chi connectivity index (χ1v) is 57.2. The van der Waals surface area contributed by atoms with Gasteiger partial charge in [-0.1, -0.05) is 13.8 Å². The fraction of sp³-hybridized carbons (Fsp3) is 0.615. The summed E-state index contributed by atoms with van der Waals surface area (Å²) < 4.78 is 200. The van der Waals surface area contributed by atoms with Crippen LogP contribution in [0.3, 0.4) is 0 Å². The molecule has 0 bridgehead atoms. The molecule has 0 radical (unpaired) electrons. The summed E-state index contributed by atoms with van der Waals surface area (Å²) in [6, 6.07) is 10.1. The first-order valence-electron chi connectivity index (χ1n) is 40.7. The molecule has 12 rings (SSSR count). The molecule has 6 aromatic heterocycles. The molecule has 736 valence electrons. The number of thiophene rings is 6. The van der Waals surface area contributed by atoms with Crippen LogP contribution < -0.4 is 10.6 Å². The van der Waals surface area contributed by atoms with E-state index >= 15 is 0 Å². The Kier molecular flexibility index (Phi) is 47.8. The number of sulfonamides is 3. The fourth-order valence-corrected chi connectivity index (χ4v) is 35.8. The summed E-state index contributed by atoms with van der Waals surface area (Å²) >= 11 is 23.3. The average Bonchev–Trinajstić information content (AvgIpc) is 1.55. The van der Waals surface area contributed by atoms with Crippen molar-refractivity contribution in [2.45, 2.75) is 178 Å². The van der Waals surface area contributed by atoms with Gasteiger partial charge in [0, 0.05) is 170 Å². The van der Waals surface area contributed by atoms with Gasteiger partial charge in [-0.25, -0.2) is 79.3 Å². The number of fused-ring (bicyclic) bond motifs is 6. The highest BCUT2D eigenvalue weighted by Gasteiger charge is 2.47. The molecule has 36 nitrogen and oxygen atoms in total. The first kappa shape index (κ1) is 116. The molecule has 4 amide bonds. The third-order valence-corrected chi connectivity index (χ3v) is 44.0. The van der Waals surface area contributed by atoms with E-state index in [0.29, 0.717) is 142 Å². The van der Waals surface area contributed by atoms with Crippen molar-refractivity contribution in [2.75, 3.05) is 162 Å². The van der Waals surface area contributed by atoms with Gasteiger partial charge in [0.1, 0.15) is 25.3 Å². The lowest BCUT2D eigenvalue weighted by atomic mass is 10.0. The van der Waals surface area contributed by atoms with Crippen LogP contribution in [0.2, 0.25) is 0 Å². The largest absolute Gasteiger partial charge is 0.457 e. The molecule has 0 saturated heterocycles. The fourth-order valence-electron chi connectivity index (χ4n) is 14.7. The van der Waals surface area contributed by atoms with Crippen LogP contribution in [-0.4, -0.2) is 296 Å². The van der Waals surface area contributed by atoms with Crippen LogP contribution in [-0.2, 0) is 102 Å². The SMILES string of the molecule is CCN(C(=O)OC)[C@H]1CN(CCCOC)S(=O)(=O)c2sc(Br)cc21.CCN(C(=O)OC)[C@H]1CN(CCCOC)S(=O)(=O)c2sccc21.CCN(C(=O)OC)[C@H]1C[C@H](C)S(=O)(=O)c2sc(Br)cc21.CCN(C(=O)OC)[C@H]1C[C@H](C)S(=O)(=O)c2sccc21.CCN[C@H]1CN(CCCOC)S(=O)(=O)c2sccc21.CCN[C@H]1C[C@H](C)S(=O)(=O)c2sccc21.COC(=O)Cl.COC(=O)Cl. The molecule has 130 heavy (non-hydrogen) atoms. The van der Waals surface area contributed by atoms with E-state index in [0.717, 1.165) is 43.8 Å². The minimum atomic E-state index is -3.56. The van der Waals surface area contributed by atoms with E-state index in [-0.39, 0.29) is 58.8 Å². The Bertz CT molecular complexity index is 5400. The van der Waals surface area contributed by atoms with E-state index in [4.69, 9.17) is 33.2 Å². The maximum atomic E-state index is 12.8. The Morgan fingerprint density at radius 1 is 0.385 bits per heavy atom. The monoisotopic (exact) mass is 2220 g/mol. The number of carbonyl (C=O) groups excluding carboxylic acids is 6. The molecule has 0 unspecified atom stereocenters. The number of hydrogen-bond donors (Lipinski definition) is 2. The van der Waals surface area contributed by atoms with Gasteiger partial charge >= 0.3 is 35.2 Å². The molecule has 0 aromatic carbocycles. The van der Waals surface area contributed by atoms with E-state index in [9.17, 15) is 79.3 Å². The Hall–Kier alpha value is -4.86. The van der Waals surface area contributed by atoms with Crippen LogP contribution in [0.25, 0.3) is 0 Å². The second-order valence-electron chi connectivity index (χ2n) is 28.8. The molecule has 6 aliphatic heterocycles. The highest BCUT2D eigenvalue weighted by atomic mass is 79.9. The van der Waals surface area contributed by atoms with Crippen molar-refractivity contribution in [3.05, 3.63) is 98.9 Å². The summed E-state index contributed by atoms with van der Waals surface area (Å²) in [6.45, 7) is 23.9. The second-order valence-corrected chi connectivity index (χ2v) is 52.1. The quantitative estimate of drug-likeness (QED) is 0.0323. The molecule has 0 spiro atoms. The van der Waals surface area contributed by atoms with Gasteiger partial charge < -0.3 is 72.9 Å². The van der Waals surface area contributed by atoms with Crippen LogP contribution in [0, 0.1) is 0 Å². The Morgan fingerprint density at radius 2 is 0.662 bits per heavy atom. The molecule has 12 heterocycles. The van der Waals surface area contributed by atoms with E-state index in [1.165, 1.54) is 119 Å². The number of ether oxygens (including phenoxy) is 9. The number of halogens is 4. The number of nitrogens with one attached hydrogen (secondary N) is 2. The van der Waals surface area contributed by atoms with Gasteiger partial charge in [0.2, 0.25) is 0 Å². The number of rotatable bonds is 24. The Labute approximate surface area is 814 Å². The van der Waals surface area contributed by atoms with Gasteiger partial charge in [0.15, 0.2) is 29.5 Å². The molecular formula is C78H117Br2Cl2N9O27S12. The van der Waals surface area contributed by atoms with E-state index < -0.39 is 105 Å². The number of likely N-dealkylation sites (N-methyl/N-ethyl adjacent to an activating group) is 3. The summed E-state index contributed by atoms with van der Waals surface area (Å²) in [5.41, 5.74) is 3.04. The number of amides is 4. The lowest BCUT2D eigenvalue weighted by molar-refractivity contribution is 0.0977. The molecular weight excluding hydrogens is 2110 g/mol. The lowest BCUT2D eigenvalue weighted by Crippen LogP contribution is -2.47. The van der Waals surface area contributed by atoms with Gasteiger partial charge in [-0.15, -0.1) is 68.0 Å². The van der Waals surface area contributed by atoms with Crippen LogP contribution in [0.1, 0.15) is 170 Å². The average molecular weight is 2230 g/mol. The number of hydrogen-bond acceptors (Lipinski definition) is 35. The van der Waals surface area contributed by atoms with Crippen LogP contribution >= 0.6 is 123 Å². The van der Waals surface area contributed by atoms with Gasteiger partial charge in [0.05, 0.1) is 90.1 Å². The lowest BCUT2D eigenvalue weighted by Gasteiger charge is -2.37. The van der Waals surface area contributed by atoms with E-state index in [2.05, 4.69) is 75.2 Å². The maximum Gasteiger partial charge on any atom is 0.410 e. The molecule has 6 aromatic rings. The number of carbonyl (C=O) groups is 6. The number of sulfone groups is 3. The van der Waals surface area contributed by atoms with Gasteiger partial charge in [-0.05, 0) is 195 Å².